The van der Waals surface area contributed by atoms with Gasteiger partial charge in [0.2, 0.25) is 0 Å². The highest BCUT2D eigenvalue weighted by atomic mass is 32.2. The van der Waals surface area contributed by atoms with Gasteiger partial charge in [-0.3, -0.25) is 19.3 Å². The van der Waals surface area contributed by atoms with Crippen molar-refractivity contribution in [1.82, 2.24) is 9.62 Å². The van der Waals surface area contributed by atoms with Crippen LogP contribution in [0.15, 0.2) is 58.4 Å². The maximum absolute atomic E-state index is 12.5. The molecule has 1 aliphatic heterocycles. The van der Waals surface area contributed by atoms with Crippen molar-refractivity contribution in [2.75, 3.05) is 25.0 Å². The van der Waals surface area contributed by atoms with E-state index >= 15 is 0 Å². The lowest BCUT2D eigenvalue weighted by molar-refractivity contribution is -0.148. The summed E-state index contributed by atoms with van der Waals surface area (Å²) in [5.74, 6) is -1.49. The molecule has 2 aromatic rings. The minimum Gasteiger partial charge on any atom is -0.454 e. The van der Waals surface area contributed by atoms with Gasteiger partial charge in [-0.2, -0.15) is 0 Å². The van der Waals surface area contributed by atoms with E-state index in [9.17, 15) is 22.8 Å². The van der Waals surface area contributed by atoms with Crippen molar-refractivity contribution in [2.45, 2.75) is 31.7 Å². The molecule has 180 valence electrons. The summed E-state index contributed by atoms with van der Waals surface area (Å²) in [5.41, 5.74) is 1.19. The van der Waals surface area contributed by atoms with Crippen molar-refractivity contribution in [1.29, 1.82) is 0 Å². The third-order valence-corrected chi connectivity index (χ3v) is 6.51. The van der Waals surface area contributed by atoms with Gasteiger partial charge in [-0.1, -0.05) is 18.2 Å². The third-order valence-electron chi connectivity index (χ3n) is 5.12. The Bertz CT molecular complexity index is 1240. The number of fused-ring (bicyclic) bond motifs is 1. The first-order valence-corrected chi connectivity index (χ1v) is 12.2. The average Bonchev–Trinajstić information content (AvgIpc) is 3.08. The zero-order valence-corrected chi connectivity index (χ0v) is 19.9. The molecule has 10 nitrogen and oxygen atoms in total. The van der Waals surface area contributed by atoms with E-state index in [4.69, 9.17) is 4.74 Å². The lowest BCUT2D eigenvalue weighted by Gasteiger charge is -2.19. The van der Waals surface area contributed by atoms with Crippen LogP contribution in [0.2, 0.25) is 0 Å². The maximum Gasteiger partial charge on any atom is 0.331 e. The maximum atomic E-state index is 12.5. The molecule has 2 amide bonds. The second-order valence-electron chi connectivity index (χ2n) is 7.47. The van der Waals surface area contributed by atoms with Crippen LogP contribution in [0.3, 0.4) is 0 Å². The predicted molar refractivity (Wildman–Crippen MR) is 126 cm³/mol. The fraction of sp³-hybridized carbons (Fsp3) is 0.304. The summed E-state index contributed by atoms with van der Waals surface area (Å²) in [5, 5.41) is 2.59. The van der Waals surface area contributed by atoms with E-state index < -0.39 is 34.5 Å². The lowest BCUT2D eigenvalue weighted by Crippen LogP contribution is -2.30. The Morgan fingerprint density at radius 2 is 1.79 bits per heavy atom. The molecule has 2 aromatic carbocycles. The molecule has 0 radical (unpaired) electrons. The van der Waals surface area contributed by atoms with E-state index in [0.717, 1.165) is 0 Å². The number of aliphatic imine (C=N–C) groups is 1. The van der Waals surface area contributed by atoms with Crippen molar-refractivity contribution >= 4 is 39.3 Å². The van der Waals surface area contributed by atoms with Crippen LogP contribution in [-0.2, 0) is 24.3 Å². The van der Waals surface area contributed by atoms with Crippen LogP contribution in [0.4, 0.5) is 5.69 Å². The summed E-state index contributed by atoms with van der Waals surface area (Å²) in [6, 6.07) is 11.7. The van der Waals surface area contributed by atoms with Gasteiger partial charge in [-0.15, -0.1) is 0 Å². The molecule has 34 heavy (non-hydrogen) atoms. The predicted octanol–water partition coefficient (Wildman–Crippen LogP) is 1.78. The Morgan fingerprint density at radius 1 is 1.09 bits per heavy atom. The molecule has 1 aliphatic rings. The molecule has 1 atom stereocenters. The van der Waals surface area contributed by atoms with Gasteiger partial charge in [0, 0.05) is 29.9 Å². The Morgan fingerprint density at radius 3 is 2.50 bits per heavy atom. The molecule has 11 heteroatoms. The number of amides is 2. The van der Waals surface area contributed by atoms with Gasteiger partial charge >= 0.3 is 5.97 Å². The Labute approximate surface area is 198 Å². The quantitative estimate of drug-likeness (QED) is 0.546. The van der Waals surface area contributed by atoms with E-state index in [1.54, 1.807) is 47.4 Å². The highest BCUT2D eigenvalue weighted by molar-refractivity contribution is 7.90. The van der Waals surface area contributed by atoms with Gasteiger partial charge in [0.1, 0.15) is 11.9 Å². The highest BCUT2D eigenvalue weighted by Gasteiger charge is 2.31. The normalized spacial score (nSPS) is 15.7. The largest absolute Gasteiger partial charge is 0.454 e. The summed E-state index contributed by atoms with van der Waals surface area (Å²) < 4.78 is 31.7. The number of carbonyl (C=O) groups is 3. The molecule has 0 spiro atoms. The van der Waals surface area contributed by atoms with Crippen molar-refractivity contribution in [3.8, 4) is 0 Å². The number of nitrogens with one attached hydrogen (secondary N) is 2. The standard InChI is InChI=1S/C23H26N4O6S/c1-4-27(5-2)22(29)16-9-8-10-17(13-16)25-20(28)14-33-23(30)15(3)24-21-18-11-6-7-12-19(18)34(31,32)26-21/h6-13,15H,4-5,14H2,1-3H3,(H,24,26)(H,25,28)/t15-/m0/s1. The smallest absolute Gasteiger partial charge is 0.331 e. The number of ether oxygens (including phenoxy) is 1. The third kappa shape index (κ3) is 5.60. The van der Waals surface area contributed by atoms with Gasteiger partial charge < -0.3 is 15.0 Å². The summed E-state index contributed by atoms with van der Waals surface area (Å²) >= 11 is 0. The van der Waals surface area contributed by atoms with Crippen molar-refractivity contribution < 1.29 is 27.5 Å². The van der Waals surface area contributed by atoms with Crippen molar-refractivity contribution in [2.24, 2.45) is 4.99 Å². The van der Waals surface area contributed by atoms with Gasteiger partial charge in [-0.25, -0.2) is 13.2 Å². The van der Waals surface area contributed by atoms with E-state index in [-0.39, 0.29) is 16.6 Å². The molecule has 1 heterocycles. The number of rotatable bonds is 8. The molecule has 0 saturated heterocycles. The Hall–Kier alpha value is -3.73. The Kier molecular flexibility index (Phi) is 7.67. The number of hydrogen-bond acceptors (Lipinski definition) is 7. The van der Waals surface area contributed by atoms with Crippen molar-refractivity contribution in [3.05, 3.63) is 59.7 Å². The molecule has 3 rings (SSSR count). The molecular formula is C23H26N4O6S. The molecule has 0 saturated carbocycles. The Balaban J connectivity index is 1.59. The van der Waals surface area contributed by atoms with Crippen molar-refractivity contribution in [3.63, 3.8) is 0 Å². The molecule has 0 aromatic heterocycles. The van der Waals surface area contributed by atoms with Crippen LogP contribution in [0.5, 0.6) is 0 Å². The van der Waals surface area contributed by atoms with E-state index in [1.807, 2.05) is 13.8 Å². The average molecular weight is 487 g/mol. The number of anilines is 1. The van der Waals surface area contributed by atoms with E-state index in [1.165, 1.54) is 13.0 Å². The molecule has 0 fully saturated rings. The molecular weight excluding hydrogens is 460 g/mol. The number of hydrogen-bond donors (Lipinski definition) is 2. The van der Waals surface area contributed by atoms with Gasteiger partial charge in [-0.05, 0) is 51.1 Å². The number of esters is 1. The zero-order chi connectivity index (χ0) is 24.9. The highest BCUT2D eigenvalue weighted by Crippen LogP contribution is 2.22. The van der Waals surface area contributed by atoms with Gasteiger partial charge in [0.05, 0.1) is 4.90 Å². The SMILES string of the molecule is CCN(CC)C(=O)c1cccc(NC(=O)COC(=O)[C@H](C)N=C2NS(=O)(=O)c3ccccc32)c1. The number of carbonyl (C=O) groups excluding carboxylic acids is 3. The van der Waals surface area contributed by atoms with E-state index in [0.29, 0.717) is 29.9 Å². The minimum atomic E-state index is -3.73. The first-order chi connectivity index (χ1) is 16.2. The molecule has 0 aliphatic carbocycles. The fourth-order valence-electron chi connectivity index (χ4n) is 3.35. The van der Waals surface area contributed by atoms with Crippen LogP contribution >= 0.6 is 0 Å². The first-order valence-electron chi connectivity index (χ1n) is 10.7. The summed E-state index contributed by atoms with van der Waals surface area (Å²) in [4.78, 5) is 42.9. The van der Waals surface area contributed by atoms with Crippen LogP contribution in [0.1, 0.15) is 36.7 Å². The number of benzene rings is 2. The second-order valence-corrected chi connectivity index (χ2v) is 9.12. The number of nitrogens with zero attached hydrogens (tertiary/aromatic N) is 2. The summed E-state index contributed by atoms with van der Waals surface area (Å²) in [6.45, 7) is 5.77. The monoisotopic (exact) mass is 486 g/mol. The van der Waals surface area contributed by atoms with Crippen LogP contribution < -0.4 is 10.0 Å². The molecule has 0 bridgehead atoms. The van der Waals surface area contributed by atoms with Crippen LogP contribution in [-0.4, -0.2) is 62.7 Å². The summed E-state index contributed by atoms with van der Waals surface area (Å²) in [6.07, 6.45) is 0. The first kappa shape index (κ1) is 24.9. The van der Waals surface area contributed by atoms with Crippen LogP contribution in [0, 0.1) is 0 Å². The van der Waals surface area contributed by atoms with Crippen LogP contribution in [0.25, 0.3) is 0 Å². The lowest BCUT2D eigenvalue weighted by atomic mass is 10.1. The second kappa shape index (κ2) is 10.5. The minimum absolute atomic E-state index is 0.0409. The molecule has 2 N–H and O–H groups in total. The fourth-order valence-corrected chi connectivity index (χ4v) is 4.59. The van der Waals surface area contributed by atoms with Gasteiger partial charge in [0.25, 0.3) is 21.8 Å². The molecule has 0 unspecified atom stereocenters. The van der Waals surface area contributed by atoms with E-state index in [2.05, 4.69) is 15.0 Å². The number of sulfonamides is 1. The number of amidine groups is 1. The summed E-state index contributed by atoms with van der Waals surface area (Å²) in [7, 11) is -3.73. The topological polar surface area (TPSA) is 134 Å². The van der Waals surface area contributed by atoms with Gasteiger partial charge in [0.15, 0.2) is 6.61 Å². The zero-order valence-electron chi connectivity index (χ0n) is 19.1.